The average Bonchev–Trinajstić information content (AvgIpc) is 2.87. The molecule has 9 heteroatoms. The fraction of sp³-hybridized carbons (Fsp3) is 0.286. The van der Waals surface area contributed by atoms with Crippen LogP contribution in [0.3, 0.4) is 0 Å². The maximum Gasteiger partial charge on any atom is 0.313 e. The van der Waals surface area contributed by atoms with Gasteiger partial charge in [-0.1, -0.05) is 5.16 Å². The van der Waals surface area contributed by atoms with Crippen molar-refractivity contribution in [2.45, 2.75) is 19.8 Å². The fourth-order valence-corrected chi connectivity index (χ4v) is 1.78. The van der Waals surface area contributed by atoms with E-state index in [1.807, 2.05) is 0 Å². The summed E-state index contributed by atoms with van der Waals surface area (Å²) >= 11 is 0. The Balaban J connectivity index is 1.75. The number of carbonyl (C=O) groups is 2. The number of nitrogens with one attached hydrogen (secondary N) is 2. The lowest BCUT2D eigenvalue weighted by atomic mass is 10.3. The van der Waals surface area contributed by atoms with Crippen LogP contribution >= 0.6 is 0 Å². The van der Waals surface area contributed by atoms with E-state index >= 15 is 0 Å². The molecule has 0 bridgehead atoms. The topological polar surface area (TPSA) is 97.1 Å². The van der Waals surface area contributed by atoms with Crippen LogP contribution in [0.15, 0.2) is 22.7 Å². The lowest BCUT2D eigenvalue weighted by molar-refractivity contribution is -0.136. The van der Waals surface area contributed by atoms with E-state index in [0.717, 1.165) is 12.1 Å². The molecule has 1 aromatic carbocycles. The van der Waals surface area contributed by atoms with Crippen LogP contribution in [0.4, 0.5) is 14.5 Å². The number of hydrogen-bond donors (Lipinski definition) is 2. The third kappa shape index (κ3) is 5.13. The van der Waals surface area contributed by atoms with Gasteiger partial charge in [-0.2, -0.15) is 4.98 Å². The molecule has 0 radical (unpaired) electrons. The molecule has 0 aliphatic heterocycles. The van der Waals surface area contributed by atoms with Gasteiger partial charge in [-0.3, -0.25) is 9.59 Å². The molecular weight excluding hydrogens is 310 g/mol. The third-order valence-electron chi connectivity index (χ3n) is 2.75. The summed E-state index contributed by atoms with van der Waals surface area (Å²) in [5, 5.41) is 8.11. The highest BCUT2D eigenvalue weighted by Gasteiger charge is 2.14. The van der Waals surface area contributed by atoms with Gasteiger partial charge in [0, 0.05) is 24.7 Å². The number of amides is 2. The molecule has 1 heterocycles. The number of rotatable bonds is 5. The summed E-state index contributed by atoms with van der Waals surface area (Å²) in [4.78, 5) is 27.2. The lowest BCUT2D eigenvalue weighted by Gasteiger charge is -2.06. The SMILES string of the molecule is Cc1noc(CCCNC(=O)C(=O)Nc2cc(F)cc(F)c2)n1. The highest BCUT2D eigenvalue weighted by Crippen LogP contribution is 2.12. The number of anilines is 1. The average molecular weight is 324 g/mol. The minimum Gasteiger partial charge on any atom is -0.348 e. The molecule has 2 aromatic rings. The second kappa shape index (κ2) is 7.43. The molecule has 1 aromatic heterocycles. The molecule has 0 spiro atoms. The van der Waals surface area contributed by atoms with E-state index in [1.54, 1.807) is 6.92 Å². The Bertz CT molecular complexity index is 698. The summed E-state index contributed by atoms with van der Waals surface area (Å²) in [5.74, 6) is -2.66. The molecule has 0 fully saturated rings. The van der Waals surface area contributed by atoms with Gasteiger partial charge in [0.2, 0.25) is 5.89 Å². The second-order valence-corrected chi connectivity index (χ2v) is 4.71. The Hall–Kier alpha value is -2.84. The number of halogens is 2. The normalized spacial score (nSPS) is 10.4. The Morgan fingerprint density at radius 2 is 1.87 bits per heavy atom. The predicted octanol–water partition coefficient (Wildman–Crippen LogP) is 1.34. The predicted molar refractivity (Wildman–Crippen MR) is 75.4 cm³/mol. The van der Waals surface area contributed by atoms with Gasteiger partial charge in [0.15, 0.2) is 5.82 Å². The Kier molecular flexibility index (Phi) is 5.34. The molecule has 2 N–H and O–H groups in total. The van der Waals surface area contributed by atoms with Crippen molar-refractivity contribution < 1.29 is 22.9 Å². The molecule has 0 aliphatic rings. The standard InChI is InChI=1S/C14H14F2N4O3/c1-8-18-12(23-20-8)3-2-4-17-13(21)14(22)19-11-6-9(15)5-10(16)7-11/h5-7H,2-4H2,1H3,(H,17,21)(H,19,22). The quantitative estimate of drug-likeness (QED) is 0.639. The highest BCUT2D eigenvalue weighted by atomic mass is 19.1. The fourth-order valence-electron chi connectivity index (χ4n) is 1.78. The summed E-state index contributed by atoms with van der Waals surface area (Å²) < 4.78 is 30.9. The van der Waals surface area contributed by atoms with Crippen molar-refractivity contribution in [3.63, 3.8) is 0 Å². The maximum absolute atomic E-state index is 13.0. The van der Waals surface area contributed by atoms with E-state index in [1.165, 1.54) is 0 Å². The molecule has 7 nitrogen and oxygen atoms in total. The molecular formula is C14H14F2N4O3. The monoisotopic (exact) mass is 324 g/mol. The van der Waals surface area contributed by atoms with Crippen molar-refractivity contribution in [3.05, 3.63) is 41.5 Å². The largest absolute Gasteiger partial charge is 0.348 e. The van der Waals surface area contributed by atoms with Crippen LogP contribution in [0, 0.1) is 18.6 Å². The van der Waals surface area contributed by atoms with Gasteiger partial charge in [-0.05, 0) is 25.5 Å². The van der Waals surface area contributed by atoms with Crippen molar-refractivity contribution in [2.24, 2.45) is 0 Å². The first-order valence-electron chi connectivity index (χ1n) is 6.78. The van der Waals surface area contributed by atoms with Crippen molar-refractivity contribution in [3.8, 4) is 0 Å². The Morgan fingerprint density at radius 1 is 1.17 bits per heavy atom. The molecule has 122 valence electrons. The van der Waals surface area contributed by atoms with E-state index in [9.17, 15) is 18.4 Å². The van der Waals surface area contributed by atoms with Gasteiger partial charge in [-0.25, -0.2) is 8.78 Å². The van der Waals surface area contributed by atoms with E-state index in [4.69, 9.17) is 4.52 Å². The van der Waals surface area contributed by atoms with E-state index in [0.29, 0.717) is 30.6 Å². The van der Waals surface area contributed by atoms with Crippen molar-refractivity contribution >= 4 is 17.5 Å². The van der Waals surface area contributed by atoms with Crippen LogP contribution in [-0.2, 0) is 16.0 Å². The number of benzene rings is 1. The van der Waals surface area contributed by atoms with E-state index < -0.39 is 23.4 Å². The molecule has 2 rings (SSSR count). The van der Waals surface area contributed by atoms with Crippen LogP contribution in [0.2, 0.25) is 0 Å². The summed E-state index contributed by atoms with van der Waals surface area (Å²) in [7, 11) is 0. The molecule has 0 aliphatic carbocycles. The third-order valence-corrected chi connectivity index (χ3v) is 2.75. The second-order valence-electron chi connectivity index (χ2n) is 4.71. The summed E-state index contributed by atoms with van der Waals surface area (Å²) in [6, 6.07) is 2.48. The van der Waals surface area contributed by atoms with E-state index in [2.05, 4.69) is 20.8 Å². The molecule has 0 unspecified atom stereocenters. The zero-order chi connectivity index (χ0) is 16.8. The van der Waals surface area contributed by atoms with Crippen molar-refractivity contribution in [2.75, 3.05) is 11.9 Å². The number of carbonyl (C=O) groups excluding carboxylic acids is 2. The minimum absolute atomic E-state index is 0.135. The molecule has 2 amide bonds. The molecule has 0 saturated carbocycles. The van der Waals surface area contributed by atoms with Gasteiger partial charge in [0.1, 0.15) is 11.6 Å². The Morgan fingerprint density at radius 3 is 2.48 bits per heavy atom. The van der Waals surface area contributed by atoms with Gasteiger partial charge in [0.25, 0.3) is 0 Å². The lowest BCUT2D eigenvalue weighted by Crippen LogP contribution is -2.36. The first-order chi connectivity index (χ1) is 10.9. The number of nitrogens with zero attached hydrogens (tertiary/aromatic N) is 2. The first-order valence-corrected chi connectivity index (χ1v) is 6.78. The summed E-state index contributed by atoms with van der Waals surface area (Å²) in [6.45, 7) is 1.90. The molecule has 23 heavy (non-hydrogen) atoms. The molecule has 0 atom stereocenters. The zero-order valence-electron chi connectivity index (χ0n) is 12.2. The zero-order valence-corrected chi connectivity index (χ0v) is 12.2. The van der Waals surface area contributed by atoms with Crippen LogP contribution in [0.5, 0.6) is 0 Å². The number of hydrogen-bond acceptors (Lipinski definition) is 5. The minimum atomic E-state index is -1.01. The van der Waals surface area contributed by atoms with Crippen LogP contribution in [-0.4, -0.2) is 28.5 Å². The molecule has 0 saturated heterocycles. The van der Waals surface area contributed by atoms with Gasteiger partial charge in [0.05, 0.1) is 0 Å². The van der Waals surface area contributed by atoms with Crippen LogP contribution in [0.25, 0.3) is 0 Å². The smallest absolute Gasteiger partial charge is 0.313 e. The van der Waals surface area contributed by atoms with Gasteiger partial charge >= 0.3 is 11.8 Å². The van der Waals surface area contributed by atoms with Crippen molar-refractivity contribution in [1.29, 1.82) is 0 Å². The summed E-state index contributed by atoms with van der Waals surface area (Å²) in [5.41, 5.74) is -0.135. The number of aromatic nitrogens is 2. The van der Waals surface area contributed by atoms with Crippen LogP contribution < -0.4 is 10.6 Å². The van der Waals surface area contributed by atoms with Gasteiger partial charge in [-0.15, -0.1) is 0 Å². The van der Waals surface area contributed by atoms with E-state index in [-0.39, 0.29) is 12.2 Å². The maximum atomic E-state index is 13.0. The number of aryl methyl sites for hydroxylation is 2. The summed E-state index contributed by atoms with van der Waals surface area (Å²) in [6.07, 6.45) is 0.951. The highest BCUT2D eigenvalue weighted by molar-refractivity contribution is 6.39. The van der Waals surface area contributed by atoms with Crippen molar-refractivity contribution in [1.82, 2.24) is 15.5 Å². The van der Waals surface area contributed by atoms with Gasteiger partial charge < -0.3 is 15.2 Å². The van der Waals surface area contributed by atoms with Crippen LogP contribution in [0.1, 0.15) is 18.1 Å². The first kappa shape index (κ1) is 16.5. The Labute approximate surface area is 130 Å².